The molecule has 0 atom stereocenters. The van der Waals surface area contributed by atoms with Crippen LogP contribution in [0.1, 0.15) is 52.6 Å². The molecule has 1 aliphatic heterocycles. The number of rotatable bonds is 5. The van der Waals surface area contributed by atoms with Gasteiger partial charge in [0.15, 0.2) is 0 Å². The number of benzene rings is 3. The first-order chi connectivity index (χ1) is 16.6. The van der Waals surface area contributed by atoms with E-state index in [1.807, 2.05) is 49.4 Å². The van der Waals surface area contributed by atoms with Crippen LogP contribution in [0.25, 0.3) is 0 Å². The van der Waals surface area contributed by atoms with Crippen LogP contribution in [-0.2, 0) is 5.41 Å². The van der Waals surface area contributed by atoms with E-state index in [1.165, 1.54) is 5.56 Å². The molecule has 0 spiro atoms. The molecule has 1 saturated heterocycles. The van der Waals surface area contributed by atoms with Crippen LogP contribution in [-0.4, -0.2) is 43.2 Å². The maximum Gasteiger partial charge on any atom is 0.335 e. The van der Waals surface area contributed by atoms with Gasteiger partial charge in [-0.2, -0.15) is 0 Å². The topological polar surface area (TPSA) is 72.9 Å². The van der Waals surface area contributed by atoms with Crippen molar-refractivity contribution in [3.8, 4) is 0 Å². The fourth-order valence-corrected chi connectivity index (χ4v) is 4.40. The number of amides is 1. The van der Waals surface area contributed by atoms with Gasteiger partial charge in [-0.15, -0.1) is 0 Å². The fraction of sp³-hybridized carbons (Fsp3) is 0.310. The maximum atomic E-state index is 13.0. The minimum absolute atomic E-state index is 0.0181. The fourth-order valence-electron chi connectivity index (χ4n) is 4.40. The Kier molecular flexibility index (Phi) is 6.83. The lowest BCUT2D eigenvalue weighted by molar-refractivity contribution is 0.0696. The van der Waals surface area contributed by atoms with Crippen molar-refractivity contribution in [2.24, 2.45) is 0 Å². The summed E-state index contributed by atoms with van der Waals surface area (Å²) in [6.07, 6.45) is 0. The van der Waals surface area contributed by atoms with E-state index in [4.69, 9.17) is 5.11 Å². The summed E-state index contributed by atoms with van der Waals surface area (Å²) in [7, 11) is 0. The number of aryl methyl sites for hydroxylation is 1. The lowest BCUT2D eigenvalue weighted by atomic mass is 9.87. The molecular formula is C29H33N3O3. The van der Waals surface area contributed by atoms with Gasteiger partial charge < -0.3 is 20.2 Å². The Bertz CT molecular complexity index is 1220. The van der Waals surface area contributed by atoms with Crippen LogP contribution < -0.4 is 15.1 Å². The normalized spacial score (nSPS) is 14.1. The molecule has 4 rings (SSSR count). The second-order valence-corrected chi connectivity index (χ2v) is 10.1. The first kappa shape index (κ1) is 24.3. The van der Waals surface area contributed by atoms with E-state index in [-0.39, 0.29) is 11.3 Å². The molecule has 0 bridgehead atoms. The van der Waals surface area contributed by atoms with Gasteiger partial charge in [-0.05, 0) is 78.1 Å². The predicted molar refractivity (Wildman–Crippen MR) is 142 cm³/mol. The minimum Gasteiger partial charge on any atom is -0.478 e. The van der Waals surface area contributed by atoms with E-state index in [1.54, 1.807) is 12.1 Å². The highest BCUT2D eigenvalue weighted by atomic mass is 16.4. The average Bonchev–Trinajstić information content (AvgIpc) is 2.83. The molecule has 1 amide bonds. The molecule has 0 aliphatic carbocycles. The van der Waals surface area contributed by atoms with Gasteiger partial charge in [-0.25, -0.2) is 4.79 Å². The predicted octanol–water partition coefficient (Wildman–Crippen LogP) is 5.57. The van der Waals surface area contributed by atoms with Crippen LogP contribution in [0, 0.1) is 6.92 Å². The van der Waals surface area contributed by atoms with Crippen molar-refractivity contribution in [3.05, 3.63) is 89.0 Å². The van der Waals surface area contributed by atoms with Crippen molar-refractivity contribution in [1.82, 2.24) is 0 Å². The molecule has 35 heavy (non-hydrogen) atoms. The van der Waals surface area contributed by atoms with Crippen LogP contribution in [0.4, 0.5) is 17.1 Å². The highest BCUT2D eigenvalue weighted by Gasteiger charge is 2.20. The van der Waals surface area contributed by atoms with E-state index < -0.39 is 5.97 Å². The van der Waals surface area contributed by atoms with Gasteiger partial charge in [0.05, 0.1) is 5.56 Å². The summed E-state index contributed by atoms with van der Waals surface area (Å²) in [5.74, 6) is -1.01. The molecule has 1 heterocycles. The van der Waals surface area contributed by atoms with Crippen LogP contribution in [0.5, 0.6) is 0 Å². The van der Waals surface area contributed by atoms with Gasteiger partial charge in [0, 0.05) is 48.8 Å². The summed E-state index contributed by atoms with van der Waals surface area (Å²) in [5, 5.41) is 12.1. The smallest absolute Gasteiger partial charge is 0.335 e. The Hall–Kier alpha value is -3.80. The first-order valence-corrected chi connectivity index (χ1v) is 12.0. The molecule has 0 radical (unpaired) electrons. The molecule has 0 saturated carbocycles. The van der Waals surface area contributed by atoms with E-state index in [0.717, 1.165) is 48.8 Å². The molecule has 0 aromatic heterocycles. The molecule has 2 N–H and O–H groups in total. The third kappa shape index (κ3) is 5.65. The van der Waals surface area contributed by atoms with Gasteiger partial charge in [0.25, 0.3) is 5.91 Å². The van der Waals surface area contributed by atoms with Crippen LogP contribution in [0.15, 0.2) is 66.7 Å². The number of carboxylic acid groups (broad SMARTS) is 1. The van der Waals surface area contributed by atoms with Gasteiger partial charge in [0.1, 0.15) is 0 Å². The summed E-state index contributed by atoms with van der Waals surface area (Å²) in [6.45, 7) is 11.8. The first-order valence-electron chi connectivity index (χ1n) is 12.0. The molecule has 3 aromatic carbocycles. The standard InChI is InChI=1S/C29H33N3O3/c1-20-18-25(32-16-14-31(15-17-32)24-10-8-21(9-11-24)28(34)35)12-13-26(20)27(33)30-23-7-5-6-22(19-23)29(2,3)4/h5-13,18-19H,14-17H2,1-4H3,(H,30,33)(H,34,35). The molecule has 3 aromatic rings. The SMILES string of the molecule is Cc1cc(N2CCN(c3ccc(C(=O)O)cc3)CC2)ccc1C(=O)Nc1cccc(C(C)(C)C)c1. The molecular weight excluding hydrogens is 438 g/mol. The zero-order valence-electron chi connectivity index (χ0n) is 20.8. The Morgan fingerprint density at radius 3 is 2.00 bits per heavy atom. The number of anilines is 3. The van der Waals surface area contributed by atoms with Crippen LogP contribution >= 0.6 is 0 Å². The highest BCUT2D eigenvalue weighted by molar-refractivity contribution is 6.05. The van der Waals surface area contributed by atoms with Crippen molar-refractivity contribution in [2.75, 3.05) is 41.3 Å². The third-order valence-electron chi connectivity index (χ3n) is 6.57. The number of carbonyl (C=O) groups is 2. The Balaban J connectivity index is 1.39. The lowest BCUT2D eigenvalue weighted by Crippen LogP contribution is -2.46. The monoisotopic (exact) mass is 471 g/mol. The van der Waals surface area contributed by atoms with Crippen molar-refractivity contribution in [3.63, 3.8) is 0 Å². The summed E-state index contributed by atoms with van der Waals surface area (Å²) in [4.78, 5) is 28.6. The number of piperazine rings is 1. The molecule has 182 valence electrons. The third-order valence-corrected chi connectivity index (χ3v) is 6.57. The van der Waals surface area contributed by atoms with Gasteiger partial charge in [0.2, 0.25) is 0 Å². The summed E-state index contributed by atoms with van der Waals surface area (Å²) < 4.78 is 0. The average molecular weight is 472 g/mol. The number of aromatic carboxylic acids is 1. The van der Waals surface area contributed by atoms with Gasteiger partial charge in [-0.1, -0.05) is 32.9 Å². The van der Waals surface area contributed by atoms with E-state index in [9.17, 15) is 9.59 Å². The summed E-state index contributed by atoms with van der Waals surface area (Å²) in [6, 6.07) is 21.1. The maximum absolute atomic E-state index is 13.0. The van der Waals surface area contributed by atoms with Crippen molar-refractivity contribution < 1.29 is 14.7 Å². The quantitative estimate of drug-likeness (QED) is 0.509. The van der Waals surface area contributed by atoms with Crippen molar-refractivity contribution >= 4 is 28.9 Å². The van der Waals surface area contributed by atoms with E-state index >= 15 is 0 Å². The number of hydrogen-bond donors (Lipinski definition) is 2. The minimum atomic E-state index is -0.910. The summed E-state index contributed by atoms with van der Waals surface area (Å²) >= 11 is 0. The Morgan fingerprint density at radius 2 is 1.43 bits per heavy atom. The molecule has 6 heteroatoms. The van der Waals surface area contributed by atoms with Gasteiger partial charge >= 0.3 is 5.97 Å². The molecule has 6 nitrogen and oxygen atoms in total. The highest BCUT2D eigenvalue weighted by Crippen LogP contribution is 2.26. The molecule has 0 unspecified atom stereocenters. The van der Waals surface area contributed by atoms with Crippen LogP contribution in [0.2, 0.25) is 0 Å². The number of carbonyl (C=O) groups excluding carboxylic acids is 1. The lowest BCUT2D eigenvalue weighted by Gasteiger charge is -2.37. The van der Waals surface area contributed by atoms with Crippen LogP contribution in [0.3, 0.4) is 0 Å². The second-order valence-electron chi connectivity index (χ2n) is 10.1. The number of nitrogens with zero attached hydrogens (tertiary/aromatic N) is 2. The van der Waals surface area contributed by atoms with E-state index in [0.29, 0.717) is 11.1 Å². The number of carboxylic acids is 1. The molecule has 1 aliphatic rings. The van der Waals surface area contributed by atoms with E-state index in [2.05, 4.69) is 48.0 Å². The Labute approximate surface area is 207 Å². The number of hydrogen-bond acceptors (Lipinski definition) is 4. The van der Waals surface area contributed by atoms with Crippen molar-refractivity contribution in [1.29, 1.82) is 0 Å². The summed E-state index contributed by atoms with van der Waals surface area (Å²) in [5.41, 5.74) is 6.06. The Morgan fingerprint density at radius 1 is 0.829 bits per heavy atom. The largest absolute Gasteiger partial charge is 0.478 e. The second kappa shape index (κ2) is 9.82. The number of nitrogens with one attached hydrogen (secondary N) is 1. The van der Waals surface area contributed by atoms with Crippen molar-refractivity contribution in [2.45, 2.75) is 33.1 Å². The zero-order chi connectivity index (χ0) is 25.2. The van der Waals surface area contributed by atoms with Gasteiger partial charge in [-0.3, -0.25) is 4.79 Å². The zero-order valence-corrected chi connectivity index (χ0v) is 20.8. The molecule has 1 fully saturated rings.